The number of hydrogen-bond donors (Lipinski definition) is 2. The summed E-state index contributed by atoms with van der Waals surface area (Å²) in [5, 5.41) is 6.38. The van der Waals surface area contributed by atoms with Crippen LogP contribution in [0.3, 0.4) is 0 Å². The lowest BCUT2D eigenvalue weighted by atomic mass is 10.1. The second-order valence-corrected chi connectivity index (χ2v) is 7.28. The fourth-order valence-electron chi connectivity index (χ4n) is 3.33. The molecule has 28 heavy (non-hydrogen) atoms. The summed E-state index contributed by atoms with van der Waals surface area (Å²) in [7, 11) is 0. The number of rotatable bonds is 7. The van der Waals surface area contributed by atoms with Crippen LogP contribution in [0, 0.1) is 0 Å². The minimum Gasteiger partial charge on any atom is -0.357 e. The number of halogens is 1. The number of aliphatic imine (C=N–C) groups is 1. The summed E-state index contributed by atoms with van der Waals surface area (Å²) >= 11 is 0. The van der Waals surface area contributed by atoms with Crippen molar-refractivity contribution in [2.45, 2.75) is 46.7 Å². The highest BCUT2D eigenvalue weighted by Gasteiger charge is 2.21. The molecule has 1 amide bonds. The Labute approximate surface area is 187 Å². The molecular weight excluding hydrogens is 465 g/mol. The van der Waals surface area contributed by atoms with Crippen LogP contribution in [-0.2, 0) is 17.8 Å². The summed E-state index contributed by atoms with van der Waals surface area (Å²) in [6, 6.07) is 8.71. The van der Waals surface area contributed by atoms with Crippen molar-refractivity contribution in [2.24, 2.45) is 4.99 Å². The van der Waals surface area contributed by atoms with Gasteiger partial charge >= 0.3 is 0 Å². The van der Waals surface area contributed by atoms with Crippen molar-refractivity contribution in [3.8, 4) is 0 Å². The van der Waals surface area contributed by atoms with Gasteiger partial charge in [-0.1, -0.05) is 31.2 Å². The van der Waals surface area contributed by atoms with Gasteiger partial charge in [0.1, 0.15) is 0 Å². The number of carbonyl (C=O) groups excluding carboxylic acids is 1. The third kappa shape index (κ3) is 7.95. The van der Waals surface area contributed by atoms with Crippen molar-refractivity contribution in [3.63, 3.8) is 0 Å². The van der Waals surface area contributed by atoms with Crippen molar-refractivity contribution in [1.29, 1.82) is 0 Å². The third-order valence-corrected chi connectivity index (χ3v) is 4.72. The number of hydrogen-bond acceptors (Lipinski definition) is 3. The van der Waals surface area contributed by atoms with Crippen LogP contribution < -0.4 is 10.6 Å². The normalized spacial score (nSPS) is 15.3. The second kappa shape index (κ2) is 13.0. The van der Waals surface area contributed by atoms with Gasteiger partial charge in [-0.15, -0.1) is 24.0 Å². The maximum atomic E-state index is 12.0. The molecule has 0 saturated carbocycles. The first-order chi connectivity index (χ1) is 13.0. The molecule has 7 heteroatoms. The second-order valence-electron chi connectivity index (χ2n) is 7.28. The Bertz CT molecular complexity index is 627. The molecule has 0 bridgehead atoms. The molecule has 0 aliphatic carbocycles. The first-order valence-electron chi connectivity index (χ1n) is 10.1. The standard InChI is InChI=1S/C21H35N5O.HI/c1-5-18-9-7-8-10-19(18)15-23-21(22-6-2)26-13-11-25(12-14-26)16-20(27)24-17(3)4;/h7-10,17H,5-6,11-16H2,1-4H3,(H,22,23)(H,24,27);1H. The van der Waals surface area contributed by atoms with Crippen molar-refractivity contribution < 1.29 is 4.79 Å². The highest BCUT2D eigenvalue weighted by Crippen LogP contribution is 2.11. The van der Waals surface area contributed by atoms with E-state index in [-0.39, 0.29) is 35.9 Å². The molecule has 1 aliphatic heterocycles. The van der Waals surface area contributed by atoms with Gasteiger partial charge in [0, 0.05) is 38.8 Å². The Morgan fingerprint density at radius 3 is 2.32 bits per heavy atom. The minimum atomic E-state index is 0. The first-order valence-corrected chi connectivity index (χ1v) is 10.1. The summed E-state index contributed by atoms with van der Waals surface area (Å²) < 4.78 is 0. The van der Waals surface area contributed by atoms with Gasteiger partial charge < -0.3 is 15.5 Å². The molecule has 1 aliphatic rings. The van der Waals surface area contributed by atoms with E-state index in [2.05, 4.69) is 58.5 Å². The van der Waals surface area contributed by atoms with E-state index < -0.39 is 0 Å². The zero-order chi connectivity index (χ0) is 19.6. The van der Waals surface area contributed by atoms with Crippen LogP contribution >= 0.6 is 24.0 Å². The number of benzene rings is 1. The first kappa shape index (κ1) is 24.7. The van der Waals surface area contributed by atoms with Crippen LogP contribution in [-0.4, -0.2) is 67.0 Å². The molecule has 1 aromatic rings. The predicted molar refractivity (Wildman–Crippen MR) is 127 cm³/mol. The van der Waals surface area contributed by atoms with E-state index in [1.165, 1.54) is 11.1 Å². The molecule has 0 aromatic heterocycles. The molecule has 1 aromatic carbocycles. The molecule has 0 atom stereocenters. The van der Waals surface area contributed by atoms with E-state index in [0.717, 1.165) is 45.1 Å². The van der Waals surface area contributed by atoms with Gasteiger partial charge in [-0.05, 0) is 38.3 Å². The van der Waals surface area contributed by atoms with Gasteiger partial charge in [0.2, 0.25) is 5.91 Å². The molecule has 6 nitrogen and oxygen atoms in total. The van der Waals surface area contributed by atoms with Crippen molar-refractivity contribution in [3.05, 3.63) is 35.4 Å². The Balaban J connectivity index is 0.00000392. The molecule has 0 spiro atoms. The molecular formula is C21H36IN5O. The molecule has 2 N–H and O–H groups in total. The van der Waals surface area contributed by atoms with E-state index in [4.69, 9.17) is 4.99 Å². The van der Waals surface area contributed by atoms with Gasteiger partial charge in [-0.3, -0.25) is 9.69 Å². The number of aryl methyl sites for hydroxylation is 1. The summed E-state index contributed by atoms with van der Waals surface area (Å²) in [6.07, 6.45) is 1.03. The van der Waals surface area contributed by atoms with Crippen LogP contribution in [0.4, 0.5) is 0 Å². The van der Waals surface area contributed by atoms with E-state index in [1.807, 2.05) is 13.8 Å². The number of amides is 1. The highest BCUT2D eigenvalue weighted by atomic mass is 127. The minimum absolute atomic E-state index is 0. The average molecular weight is 501 g/mol. The van der Waals surface area contributed by atoms with E-state index in [0.29, 0.717) is 13.1 Å². The zero-order valence-electron chi connectivity index (χ0n) is 17.7. The van der Waals surface area contributed by atoms with E-state index in [9.17, 15) is 4.79 Å². The van der Waals surface area contributed by atoms with E-state index in [1.54, 1.807) is 0 Å². The lowest BCUT2D eigenvalue weighted by molar-refractivity contribution is -0.123. The molecule has 0 unspecified atom stereocenters. The number of nitrogens with zero attached hydrogens (tertiary/aromatic N) is 3. The lowest BCUT2D eigenvalue weighted by Crippen LogP contribution is -2.54. The maximum absolute atomic E-state index is 12.0. The van der Waals surface area contributed by atoms with Crippen LogP contribution in [0.25, 0.3) is 0 Å². The molecule has 2 rings (SSSR count). The highest BCUT2D eigenvalue weighted by molar-refractivity contribution is 14.0. The van der Waals surface area contributed by atoms with Gasteiger partial charge in [-0.25, -0.2) is 4.99 Å². The largest absolute Gasteiger partial charge is 0.357 e. The third-order valence-electron chi connectivity index (χ3n) is 4.72. The molecule has 1 saturated heterocycles. The summed E-state index contributed by atoms with van der Waals surface area (Å²) in [5.41, 5.74) is 2.65. The Morgan fingerprint density at radius 2 is 1.75 bits per heavy atom. The summed E-state index contributed by atoms with van der Waals surface area (Å²) in [6.45, 7) is 13.8. The molecule has 1 heterocycles. The van der Waals surface area contributed by atoms with Crippen molar-refractivity contribution in [2.75, 3.05) is 39.3 Å². The summed E-state index contributed by atoms with van der Waals surface area (Å²) in [4.78, 5) is 21.3. The van der Waals surface area contributed by atoms with Gasteiger partial charge in [0.15, 0.2) is 5.96 Å². The quantitative estimate of drug-likeness (QED) is 0.343. The van der Waals surface area contributed by atoms with E-state index >= 15 is 0 Å². The number of piperazine rings is 1. The fourth-order valence-corrected chi connectivity index (χ4v) is 3.33. The monoisotopic (exact) mass is 501 g/mol. The van der Waals surface area contributed by atoms with Crippen LogP contribution in [0.5, 0.6) is 0 Å². The maximum Gasteiger partial charge on any atom is 0.234 e. The number of carbonyl (C=O) groups is 1. The summed E-state index contributed by atoms with van der Waals surface area (Å²) in [5.74, 6) is 1.07. The van der Waals surface area contributed by atoms with Crippen molar-refractivity contribution >= 4 is 35.8 Å². The molecule has 0 radical (unpaired) electrons. The SMILES string of the molecule is CCNC(=NCc1ccccc1CC)N1CCN(CC(=O)NC(C)C)CC1.I. The Hall–Kier alpha value is -1.35. The lowest BCUT2D eigenvalue weighted by Gasteiger charge is -2.36. The van der Waals surface area contributed by atoms with Gasteiger partial charge in [0.05, 0.1) is 13.1 Å². The molecule has 1 fully saturated rings. The average Bonchev–Trinajstić information content (AvgIpc) is 2.65. The number of guanidine groups is 1. The number of nitrogens with one attached hydrogen (secondary N) is 2. The van der Waals surface area contributed by atoms with Crippen molar-refractivity contribution in [1.82, 2.24) is 20.4 Å². The Morgan fingerprint density at radius 1 is 1.11 bits per heavy atom. The Kier molecular flexibility index (Phi) is 11.4. The van der Waals surface area contributed by atoms with Gasteiger partial charge in [0.25, 0.3) is 0 Å². The fraction of sp³-hybridized carbons (Fsp3) is 0.619. The molecule has 158 valence electrons. The smallest absolute Gasteiger partial charge is 0.234 e. The van der Waals surface area contributed by atoms with Gasteiger partial charge in [-0.2, -0.15) is 0 Å². The zero-order valence-corrected chi connectivity index (χ0v) is 20.0. The van der Waals surface area contributed by atoms with Crippen LogP contribution in [0.2, 0.25) is 0 Å². The topological polar surface area (TPSA) is 60.0 Å². The predicted octanol–water partition coefficient (Wildman–Crippen LogP) is 2.47. The van der Waals surface area contributed by atoms with Crippen LogP contribution in [0.1, 0.15) is 38.8 Å². The van der Waals surface area contributed by atoms with Crippen LogP contribution in [0.15, 0.2) is 29.3 Å².